The van der Waals surface area contributed by atoms with Crippen LogP contribution >= 0.6 is 11.6 Å². The average Bonchev–Trinajstić information content (AvgIpc) is 2.09. The first-order valence-electron chi connectivity index (χ1n) is 3.99. The van der Waals surface area contributed by atoms with Crippen molar-refractivity contribution in [3.05, 3.63) is 22.7 Å². The number of hydrogen-bond acceptors (Lipinski definition) is 3. The lowest BCUT2D eigenvalue weighted by molar-refractivity contribution is 0.311. The maximum atomic E-state index is 9.26. The summed E-state index contributed by atoms with van der Waals surface area (Å²) in [6, 6.07) is 3.12. The summed E-state index contributed by atoms with van der Waals surface area (Å²) in [5, 5.41) is 21.3. The van der Waals surface area contributed by atoms with Crippen LogP contribution in [0.4, 0.5) is 5.69 Å². The lowest BCUT2D eigenvalue weighted by Gasteiger charge is -2.09. The van der Waals surface area contributed by atoms with Crippen LogP contribution in [0.15, 0.2) is 12.1 Å². The van der Waals surface area contributed by atoms with Gasteiger partial charge in [0.1, 0.15) is 5.75 Å². The van der Waals surface area contributed by atoms with Gasteiger partial charge in [0.15, 0.2) is 0 Å². The average molecular weight is 202 g/mol. The van der Waals surface area contributed by atoms with E-state index in [1.165, 1.54) is 6.07 Å². The van der Waals surface area contributed by atoms with Gasteiger partial charge in [0, 0.05) is 12.6 Å². The molecule has 0 amide bonds. The minimum atomic E-state index is 0.0328. The molecule has 0 saturated heterocycles. The molecule has 4 heteroatoms. The topological polar surface area (TPSA) is 52.5 Å². The Morgan fingerprint density at radius 3 is 2.77 bits per heavy atom. The van der Waals surface area contributed by atoms with Gasteiger partial charge in [-0.15, -0.1) is 0 Å². The van der Waals surface area contributed by atoms with Crippen molar-refractivity contribution in [2.75, 3.05) is 18.5 Å². The Morgan fingerprint density at radius 2 is 2.15 bits per heavy atom. The van der Waals surface area contributed by atoms with Crippen molar-refractivity contribution in [3.8, 4) is 5.75 Å². The monoisotopic (exact) mass is 201 g/mol. The molecule has 0 unspecified atom stereocenters. The summed E-state index contributed by atoms with van der Waals surface area (Å²) in [5.41, 5.74) is 1.45. The molecular formula is C9H12ClNO2. The highest BCUT2D eigenvalue weighted by molar-refractivity contribution is 6.34. The summed E-state index contributed by atoms with van der Waals surface area (Å²) >= 11 is 5.95. The molecule has 1 aromatic rings. The molecule has 3 N–H and O–H groups in total. The number of aliphatic hydroxyl groups is 1. The van der Waals surface area contributed by atoms with Crippen molar-refractivity contribution in [2.45, 2.75) is 6.92 Å². The molecule has 0 atom stereocenters. The molecule has 13 heavy (non-hydrogen) atoms. The summed E-state index contributed by atoms with van der Waals surface area (Å²) in [6.45, 7) is 2.26. The summed E-state index contributed by atoms with van der Waals surface area (Å²) in [6.07, 6.45) is 0. The first-order valence-corrected chi connectivity index (χ1v) is 4.37. The van der Waals surface area contributed by atoms with Crippen LogP contribution in [0.1, 0.15) is 5.56 Å². The first kappa shape index (κ1) is 10.2. The normalized spacial score (nSPS) is 10.1. The van der Waals surface area contributed by atoms with Crippen LogP contribution in [0.3, 0.4) is 0 Å². The number of nitrogens with one attached hydrogen (secondary N) is 1. The smallest absolute Gasteiger partial charge is 0.118 e. The van der Waals surface area contributed by atoms with Crippen molar-refractivity contribution in [2.24, 2.45) is 0 Å². The molecule has 0 heterocycles. The molecular weight excluding hydrogens is 190 g/mol. The van der Waals surface area contributed by atoms with E-state index in [-0.39, 0.29) is 12.4 Å². The van der Waals surface area contributed by atoms with Crippen molar-refractivity contribution in [1.29, 1.82) is 0 Å². The van der Waals surface area contributed by atoms with Crippen LogP contribution in [0.2, 0.25) is 5.02 Å². The Balaban J connectivity index is 2.92. The van der Waals surface area contributed by atoms with Gasteiger partial charge < -0.3 is 15.5 Å². The fourth-order valence-electron chi connectivity index (χ4n) is 1.07. The summed E-state index contributed by atoms with van der Waals surface area (Å²) in [7, 11) is 0. The molecule has 0 bridgehead atoms. The van der Waals surface area contributed by atoms with Crippen molar-refractivity contribution < 1.29 is 10.2 Å². The van der Waals surface area contributed by atoms with E-state index in [0.717, 1.165) is 5.56 Å². The van der Waals surface area contributed by atoms with Gasteiger partial charge in [0.25, 0.3) is 0 Å². The number of aliphatic hydroxyl groups excluding tert-OH is 1. The molecule has 0 aliphatic rings. The molecule has 1 aromatic carbocycles. The number of halogens is 1. The zero-order chi connectivity index (χ0) is 9.84. The van der Waals surface area contributed by atoms with Crippen LogP contribution < -0.4 is 5.32 Å². The zero-order valence-electron chi connectivity index (χ0n) is 7.34. The van der Waals surface area contributed by atoms with Crippen molar-refractivity contribution >= 4 is 17.3 Å². The molecule has 0 aliphatic carbocycles. The molecule has 0 spiro atoms. The number of phenolic OH excluding ortho intramolecular Hbond substituents is 1. The summed E-state index contributed by atoms with van der Waals surface area (Å²) in [5.74, 6) is 0.169. The number of aryl methyl sites for hydroxylation is 1. The fourth-order valence-corrected chi connectivity index (χ4v) is 1.25. The fraction of sp³-hybridized carbons (Fsp3) is 0.333. The minimum absolute atomic E-state index is 0.0328. The molecule has 1 rings (SSSR count). The third-order valence-electron chi connectivity index (χ3n) is 1.67. The van der Waals surface area contributed by atoms with Gasteiger partial charge in [-0.05, 0) is 18.6 Å². The Bertz CT molecular complexity index is 302. The van der Waals surface area contributed by atoms with E-state index in [2.05, 4.69) is 5.32 Å². The van der Waals surface area contributed by atoms with E-state index < -0.39 is 0 Å². The van der Waals surface area contributed by atoms with Gasteiger partial charge in [-0.1, -0.05) is 11.6 Å². The van der Waals surface area contributed by atoms with E-state index in [4.69, 9.17) is 16.7 Å². The number of phenols is 1. The Morgan fingerprint density at radius 1 is 1.46 bits per heavy atom. The molecule has 0 aliphatic heterocycles. The minimum Gasteiger partial charge on any atom is -0.508 e. The Hall–Kier alpha value is -0.930. The third kappa shape index (κ3) is 2.50. The van der Waals surface area contributed by atoms with Crippen LogP contribution in [0, 0.1) is 6.92 Å². The second-order valence-corrected chi connectivity index (χ2v) is 3.15. The lowest BCUT2D eigenvalue weighted by atomic mass is 10.2. The lowest BCUT2D eigenvalue weighted by Crippen LogP contribution is -2.06. The van der Waals surface area contributed by atoms with E-state index in [0.29, 0.717) is 17.3 Å². The van der Waals surface area contributed by atoms with Crippen LogP contribution in [0.5, 0.6) is 5.75 Å². The maximum Gasteiger partial charge on any atom is 0.118 e. The van der Waals surface area contributed by atoms with Crippen molar-refractivity contribution in [1.82, 2.24) is 0 Å². The standard InChI is InChI=1S/C9H12ClNO2/c1-6-4-7(13)5-8(9(6)10)11-2-3-12/h4-5,11-13H,2-3H2,1H3. The third-order valence-corrected chi connectivity index (χ3v) is 2.17. The number of benzene rings is 1. The van der Waals surface area contributed by atoms with E-state index in [9.17, 15) is 5.11 Å². The predicted octanol–water partition coefficient (Wildman–Crippen LogP) is 1.76. The number of rotatable bonds is 3. The quantitative estimate of drug-likeness (QED) is 0.699. The van der Waals surface area contributed by atoms with Crippen LogP contribution in [-0.4, -0.2) is 23.4 Å². The van der Waals surface area contributed by atoms with Crippen molar-refractivity contribution in [3.63, 3.8) is 0 Å². The highest BCUT2D eigenvalue weighted by Crippen LogP contribution is 2.29. The summed E-state index contributed by atoms with van der Waals surface area (Å²) < 4.78 is 0. The van der Waals surface area contributed by atoms with Gasteiger partial charge in [0.05, 0.1) is 17.3 Å². The number of hydrogen-bond donors (Lipinski definition) is 3. The summed E-state index contributed by atoms with van der Waals surface area (Å²) in [4.78, 5) is 0. The maximum absolute atomic E-state index is 9.26. The van der Waals surface area contributed by atoms with E-state index >= 15 is 0 Å². The molecule has 0 saturated carbocycles. The van der Waals surface area contributed by atoms with Gasteiger partial charge in [-0.25, -0.2) is 0 Å². The molecule has 0 fully saturated rings. The molecule has 0 aromatic heterocycles. The van der Waals surface area contributed by atoms with Crippen LogP contribution in [0.25, 0.3) is 0 Å². The number of aromatic hydroxyl groups is 1. The highest BCUT2D eigenvalue weighted by atomic mass is 35.5. The second-order valence-electron chi connectivity index (χ2n) is 2.77. The largest absolute Gasteiger partial charge is 0.508 e. The van der Waals surface area contributed by atoms with Crippen LogP contribution in [-0.2, 0) is 0 Å². The van der Waals surface area contributed by atoms with Gasteiger partial charge >= 0.3 is 0 Å². The van der Waals surface area contributed by atoms with Gasteiger partial charge in [0.2, 0.25) is 0 Å². The van der Waals surface area contributed by atoms with Gasteiger partial charge in [-0.2, -0.15) is 0 Å². The second kappa shape index (κ2) is 4.35. The van der Waals surface area contributed by atoms with Gasteiger partial charge in [-0.3, -0.25) is 0 Å². The Kier molecular flexibility index (Phi) is 3.39. The molecule has 3 nitrogen and oxygen atoms in total. The van der Waals surface area contributed by atoms with E-state index in [1.807, 2.05) is 6.92 Å². The molecule has 0 radical (unpaired) electrons. The number of anilines is 1. The zero-order valence-corrected chi connectivity index (χ0v) is 8.10. The highest BCUT2D eigenvalue weighted by Gasteiger charge is 2.04. The molecule has 72 valence electrons. The Labute approximate surface area is 82.0 Å². The SMILES string of the molecule is Cc1cc(O)cc(NCCO)c1Cl. The predicted molar refractivity (Wildman–Crippen MR) is 53.4 cm³/mol. The van der Waals surface area contributed by atoms with E-state index in [1.54, 1.807) is 6.07 Å². The first-order chi connectivity index (χ1) is 6.15.